The first-order valence-corrected chi connectivity index (χ1v) is 16.5. The largest absolute Gasteiger partial charge is 0.481 e. The summed E-state index contributed by atoms with van der Waals surface area (Å²) in [5, 5.41) is 9.37. The van der Waals surface area contributed by atoms with Gasteiger partial charge in [-0.15, -0.1) is 0 Å². The Bertz CT molecular complexity index is 1050. The molecule has 0 aromatic heterocycles. The number of hydrogen-bond acceptors (Lipinski definition) is 4. The Morgan fingerprint density at radius 3 is 2.12 bits per heavy atom. The fourth-order valence-corrected chi connectivity index (χ4v) is 12.7. The first-order chi connectivity index (χ1) is 18.5. The summed E-state index contributed by atoms with van der Waals surface area (Å²) >= 11 is 0. The highest BCUT2D eigenvalue weighted by Gasteiger charge is 2.71. The molecule has 0 aromatic rings. The zero-order chi connectivity index (χ0) is 29.5. The van der Waals surface area contributed by atoms with E-state index in [9.17, 15) is 19.5 Å². The number of fused-ring (bicyclic) bond motifs is 7. The molecule has 40 heavy (non-hydrogen) atoms. The number of hydrogen-bond donors (Lipinski definition) is 1. The maximum atomic E-state index is 13.9. The van der Waals surface area contributed by atoms with Gasteiger partial charge in [-0.2, -0.15) is 0 Å². The topological polar surface area (TPSA) is 80.7 Å². The molecule has 226 valence electrons. The van der Waals surface area contributed by atoms with Crippen LogP contribution in [0.5, 0.6) is 0 Å². The third kappa shape index (κ3) is 4.08. The average Bonchev–Trinajstić information content (AvgIpc) is 3.26. The molecular weight excluding hydrogens is 500 g/mol. The lowest BCUT2D eigenvalue weighted by Gasteiger charge is -2.73. The van der Waals surface area contributed by atoms with E-state index in [2.05, 4.69) is 48.5 Å². The van der Waals surface area contributed by atoms with Gasteiger partial charge in [0.15, 0.2) is 0 Å². The van der Waals surface area contributed by atoms with Crippen molar-refractivity contribution in [3.63, 3.8) is 0 Å². The van der Waals surface area contributed by atoms with Gasteiger partial charge in [-0.3, -0.25) is 14.4 Å². The van der Waals surface area contributed by atoms with E-state index in [1.54, 1.807) is 6.92 Å². The minimum Gasteiger partial charge on any atom is -0.481 e. The highest BCUT2D eigenvalue weighted by molar-refractivity contribution is 5.88. The van der Waals surface area contributed by atoms with Gasteiger partial charge in [-0.1, -0.05) is 48.5 Å². The molecule has 5 aliphatic rings. The Labute approximate surface area is 243 Å². The van der Waals surface area contributed by atoms with Gasteiger partial charge in [0.1, 0.15) is 11.9 Å². The van der Waals surface area contributed by atoms with Crippen LogP contribution in [0.2, 0.25) is 0 Å². The number of ketones is 1. The quantitative estimate of drug-likeness (QED) is 0.334. The van der Waals surface area contributed by atoms with Crippen molar-refractivity contribution in [2.75, 3.05) is 0 Å². The fraction of sp³-hybridized carbons (Fsp3) is 0.914. The fourth-order valence-electron chi connectivity index (χ4n) is 12.7. The molecule has 5 heteroatoms. The molecule has 5 rings (SSSR count). The SMILES string of the molecule is CC(=O)O[C@@H]1CC[C@@]2(C)C(CC[C@]3(C)C2CCC2C4C(C(C)C)CC[C@]4(C(=O)CCC(=O)O)CC[C@]23C)C1(C)C. The van der Waals surface area contributed by atoms with E-state index >= 15 is 0 Å². The lowest BCUT2D eigenvalue weighted by molar-refractivity contribution is -0.250. The summed E-state index contributed by atoms with van der Waals surface area (Å²) < 4.78 is 5.91. The first kappa shape index (κ1) is 30.1. The molecule has 0 spiro atoms. The Balaban J connectivity index is 1.49. The minimum atomic E-state index is -0.857. The molecular formula is C35H56O5. The summed E-state index contributed by atoms with van der Waals surface area (Å²) in [5.41, 5.74) is 0.263. The molecule has 0 radical (unpaired) electrons. The summed E-state index contributed by atoms with van der Waals surface area (Å²) in [6.07, 6.45) is 11.1. The van der Waals surface area contributed by atoms with Gasteiger partial charge in [0.05, 0.1) is 6.42 Å². The molecule has 5 nitrogen and oxygen atoms in total. The van der Waals surface area contributed by atoms with Gasteiger partial charge in [0.25, 0.3) is 0 Å². The van der Waals surface area contributed by atoms with Crippen molar-refractivity contribution in [3.8, 4) is 0 Å². The predicted octanol–water partition coefficient (Wildman–Crippen LogP) is 8.09. The van der Waals surface area contributed by atoms with Crippen molar-refractivity contribution < 1.29 is 24.2 Å². The number of esters is 1. The number of rotatable bonds is 6. The molecule has 5 saturated carbocycles. The second-order valence-electron chi connectivity index (χ2n) is 16.6. The van der Waals surface area contributed by atoms with Crippen LogP contribution in [-0.4, -0.2) is 28.9 Å². The van der Waals surface area contributed by atoms with Crippen LogP contribution in [0.4, 0.5) is 0 Å². The van der Waals surface area contributed by atoms with Gasteiger partial charge in [-0.25, -0.2) is 0 Å². The number of carbonyl (C=O) groups excluding carboxylic acids is 2. The van der Waals surface area contributed by atoms with Crippen LogP contribution in [0.25, 0.3) is 0 Å². The number of Topliss-reactive ketones (excluding diaryl/α,β-unsaturated/α-hetero) is 1. The smallest absolute Gasteiger partial charge is 0.303 e. The van der Waals surface area contributed by atoms with E-state index in [4.69, 9.17) is 4.74 Å². The molecule has 1 N–H and O–H groups in total. The maximum Gasteiger partial charge on any atom is 0.303 e. The Morgan fingerprint density at radius 2 is 1.50 bits per heavy atom. The minimum absolute atomic E-state index is 0.00300. The van der Waals surface area contributed by atoms with Crippen LogP contribution in [-0.2, 0) is 19.1 Å². The molecule has 0 aromatic carbocycles. The summed E-state index contributed by atoms with van der Waals surface area (Å²) in [5.74, 6) is 2.39. The van der Waals surface area contributed by atoms with Crippen molar-refractivity contribution in [3.05, 3.63) is 0 Å². The summed E-state index contributed by atoms with van der Waals surface area (Å²) in [6.45, 7) is 18.7. The Kier molecular flexibility index (Phi) is 7.39. The highest BCUT2D eigenvalue weighted by atomic mass is 16.5. The standard InChI is InChI=1S/C35H56O5/c1-21(2)23-13-18-35(27(37)11-12-29(38)39)20-19-33(7)24(30(23)35)9-10-26-32(6)16-15-28(40-22(3)36)31(4,5)25(32)14-17-34(26,33)8/h21,23-26,28,30H,9-20H2,1-8H3,(H,38,39)/t23?,24?,25?,26?,28-,30?,32+,33-,34-,35-/m1/s1. The Morgan fingerprint density at radius 1 is 0.800 bits per heavy atom. The zero-order valence-corrected chi connectivity index (χ0v) is 26.6. The number of carbonyl (C=O) groups is 3. The van der Waals surface area contributed by atoms with Crippen LogP contribution in [0.15, 0.2) is 0 Å². The van der Waals surface area contributed by atoms with E-state index in [0.29, 0.717) is 35.5 Å². The third-order valence-electron chi connectivity index (χ3n) is 14.7. The molecule has 5 fully saturated rings. The van der Waals surface area contributed by atoms with Crippen molar-refractivity contribution >= 4 is 17.7 Å². The summed E-state index contributed by atoms with van der Waals surface area (Å²) in [7, 11) is 0. The molecule has 5 unspecified atom stereocenters. The third-order valence-corrected chi connectivity index (χ3v) is 14.7. The number of ether oxygens (including phenoxy) is 1. The molecule has 0 amide bonds. The van der Waals surface area contributed by atoms with Crippen molar-refractivity contribution in [2.45, 2.75) is 139 Å². The maximum absolute atomic E-state index is 13.9. The molecule has 0 aliphatic heterocycles. The average molecular weight is 557 g/mol. The van der Waals surface area contributed by atoms with Crippen LogP contribution >= 0.6 is 0 Å². The number of aliphatic carboxylic acids is 1. The van der Waals surface area contributed by atoms with Gasteiger partial charge in [0.2, 0.25) is 0 Å². The first-order valence-electron chi connectivity index (χ1n) is 16.5. The second kappa shape index (κ2) is 9.83. The lowest BCUT2D eigenvalue weighted by Crippen LogP contribution is -2.67. The van der Waals surface area contributed by atoms with Gasteiger partial charge < -0.3 is 9.84 Å². The summed E-state index contributed by atoms with van der Waals surface area (Å²) in [6, 6.07) is 0. The second-order valence-corrected chi connectivity index (χ2v) is 16.6. The van der Waals surface area contributed by atoms with Crippen molar-refractivity contribution in [2.24, 2.45) is 62.6 Å². The van der Waals surface area contributed by atoms with E-state index in [1.165, 1.54) is 25.7 Å². The van der Waals surface area contributed by atoms with Crippen molar-refractivity contribution in [1.29, 1.82) is 0 Å². The van der Waals surface area contributed by atoms with Crippen LogP contribution in [0.1, 0.15) is 132 Å². The molecule has 5 aliphatic carbocycles. The summed E-state index contributed by atoms with van der Waals surface area (Å²) in [4.78, 5) is 37.3. The lowest BCUT2D eigenvalue weighted by atomic mass is 9.32. The monoisotopic (exact) mass is 556 g/mol. The number of carboxylic acids is 1. The van der Waals surface area contributed by atoms with Crippen LogP contribution < -0.4 is 0 Å². The van der Waals surface area contributed by atoms with Gasteiger partial charge >= 0.3 is 11.9 Å². The highest BCUT2D eigenvalue weighted by Crippen LogP contribution is 2.77. The van der Waals surface area contributed by atoms with E-state index < -0.39 is 5.97 Å². The van der Waals surface area contributed by atoms with Gasteiger partial charge in [-0.05, 0) is 116 Å². The number of carboxylic acid groups (broad SMARTS) is 1. The zero-order valence-electron chi connectivity index (χ0n) is 26.6. The Hall–Kier alpha value is -1.39. The predicted molar refractivity (Wildman–Crippen MR) is 156 cm³/mol. The normalized spacial score (nSPS) is 47.4. The molecule has 0 saturated heterocycles. The molecule has 10 atom stereocenters. The van der Waals surface area contributed by atoms with E-state index in [-0.39, 0.29) is 57.8 Å². The van der Waals surface area contributed by atoms with Crippen molar-refractivity contribution in [1.82, 2.24) is 0 Å². The molecule has 0 bridgehead atoms. The van der Waals surface area contributed by atoms with E-state index in [0.717, 1.165) is 38.5 Å². The van der Waals surface area contributed by atoms with E-state index in [1.807, 2.05) is 0 Å². The van der Waals surface area contributed by atoms with Crippen LogP contribution in [0, 0.1) is 62.6 Å². The molecule has 0 heterocycles. The van der Waals surface area contributed by atoms with Crippen LogP contribution in [0.3, 0.4) is 0 Å². The van der Waals surface area contributed by atoms with Gasteiger partial charge in [0, 0.05) is 24.2 Å².